The summed E-state index contributed by atoms with van der Waals surface area (Å²) < 4.78 is 5.38. The number of fused-ring (bicyclic) bond motifs is 1. The number of carboxylic acid groups (broad SMARTS) is 1. The van der Waals surface area contributed by atoms with Gasteiger partial charge in [-0.15, -0.1) is 0 Å². The van der Waals surface area contributed by atoms with Crippen LogP contribution >= 0.6 is 0 Å². The van der Waals surface area contributed by atoms with E-state index in [1.54, 1.807) is 18.2 Å². The standard InChI is InChI=1S/C17H14N2O4/c1-10(17(21)22)18-16(20)12-7-8-14-13(9-12)15(23-19-14)11-5-3-2-4-6-11/h2-10H,1H3,(H,18,20)(H,21,22)/t10-/m0/s1. The number of hydrogen-bond donors (Lipinski definition) is 2. The average Bonchev–Trinajstić information content (AvgIpc) is 2.98. The van der Waals surface area contributed by atoms with E-state index in [1.165, 1.54) is 6.92 Å². The molecule has 0 radical (unpaired) electrons. The Labute approximate surface area is 131 Å². The summed E-state index contributed by atoms with van der Waals surface area (Å²) in [7, 11) is 0. The molecule has 2 N–H and O–H groups in total. The molecule has 2 aromatic carbocycles. The monoisotopic (exact) mass is 310 g/mol. The second-order valence-corrected chi connectivity index (χ2v) is 5.14. The average molecular weight is 310 g/mol. The third-order valence-corrected chi connectivity index (χ3v) is 3.49. The molecule has 0 aliphatic heterocycles. The van der Waals surface area contributed by atoms with Crippen LogP contribution in [0.25, 0.3) is 22.2 Å². The van der Waals surface area contributed by atoms with Crippen LogP contribution < -0.4 is 5.32 Å². The third kappa shape index (κ3) is 2.91. The van der Waals surface area contributed by atoms with Gasteiger partial charge in [0.15, 0.2) is 5.76 Å². The maximum Gasteiger partial charge on any atom is 0.325 e. The van der Waals surface area contributed by atoms with Gasteiger partial charge in [0.25, 0.3) is 5.91 Å². The Morgan fingerprint density at radius 2 is 1.91 bits per heavy atom. The number of carboxylic acids is 1. The van der Waals surface area contributed by atoms with E-state index >= 15 is 0 Å². The van der Waals surface area contributed by atoms with E-state index in [9.17, 15) is 9.59 Å². The van der Waals surface area contributed by atoms with Crippen LogP contribution in [0.15, 0.2) is 53.1 Å². The molecule has 0 spiro atoms. The molecule has 23 heavy (non-hydrogen) atoms. The first-order valence-corrected chi connectivity index (χ1v) is 7.05. The number of carbonyl (C=O) groups excluding carboxylic acids is 1. The van der Waals surface area contributed by atoms with Crippen LogP contribution in [0, 0.1) is 0 Å². The predicted octanol–water partition coefficient (Wildman–Crippen LogP) is 2.70. The van der Waals surface area contributed by atoms with Gasteiger partial charge in [-0.25, -0.2) is 0 Å². The SMILES string of the molecule is C[C@H](NC(=O)c1ccc2noc(-c3ccccc3)c2c1)C(=O)O. The van der Waals surface area contributed by atoms with E-state index < -0.39 is 17.9 Å². The minimum atomic E-state index is -1.09. The molecule has 1 atom stereocenters. The topological polar surface area (TPSA) is 92.4 Å². The summed E-state index contributed by atoms with van der Waals surface area (Å²) in [6.45, 7) is 1.41. The Kier molecular flexibility index (Phi) is 3.80. The van der Waals surface area contributed by atoms with E-state index in [2.05, 4.69) is 10.5 Å². The van der Waals surface area contributed by atoms with E-state index in [1.807, 2.05) is 30.3 Å². The third-order valence-electron chi connectivity index (χ3n) is 3.49. The van der Waals surface area contributed by atoms with Gasteiger partial charge in [-0.3, -0.25) is 9.59 Å². The number of rotatable bonds is 4. The summed E-state index contributed by atoms with van der Waals surface area (Å²) in [4.78, 5) is 23.0. The number of nitrogens with zero attached hydrogens (tertiary/aromatic N) is 1. The highest BCUT2D eigenvalue weighted by Crippen LogP contribution is 2.29. The van der Waals surface area contributed by atoms with E-state index in [-0.39, 0.29) is 0 Å². The molecule has 6 heteroatoms. The van der Waals surface area contributed by atoms with Crippen LogP contribution in [-0.4, -0.2) is 28.2 Å². The summed E-state index contributed by atoms with van der Waals surface area (Å²) in [5.41, 5.74) is 1.84. The highest BCUT2D eigenvalue weighted by Gasteiger charge is 2.17. The molecular weight excluding hydrogens is 296 g/mol. The van der Waals surface area contributed by atoms with E-state index in [0.29, 0.717) is 22.2 Å². The number of benzene rings is 2. The lowest BCUT2D eigenvalue weighted by molar-refractivity contribution is -0.138. The number of aliphatic carboxylic acids is 1. The summed E-state index contributed by atoms with van der Waals surface area (Å²) in [5, 5.41) is 16.0. The van der Waals surface area contributed by atoms with Crippen LogP contribution in [0.3, 0.4) is 0 Å². The van der Waals surface area contributed by atoms with Gasteiger partial charge in [0.2, 0.25) is 0 Å². The molecule has 6 nitrogen and oxygen atoms in total. The quantitative estimate of drug-likeness (QED) is 0.773. The van der Waals surface area contributed by atoms with Crippen LogP contribution in [0.1, 0.15) is 17.3 Å². The first-order chi connectivity index (χ1) is 11.1. The van der Waals surface area contributed by atoms with Gasteiger partial charge in [0.1, 0.15) is 11.6 Å². The van der Waals surface area contributed by atoms with Crippen molar-refractivity contribution in [2.45, 2.75) is 13.0 Å². The van der Waals surface area contributed by atoms with Gasteiger partial charge in [0, 0.05) is 11.1 Å². The zero-order valence-corrected chi connectivity index (χ0v) is 12.3. The summed E-state index contributed by atoms with van der Waals surface area (Å²) >= 11 is 0. The Morgan fingerprint density at radius 1 is 1.17 bits per heavy atom. The molecule has 0 fully saturated rings. The van der Waals surface area contributed by atoms with Gasteiger partial charge in [-0.1, -0.05) is 35.5 Å². The van der Waals surface area contributed by atoms with Crippen LogP contribution in [-0.2, 0) is 4.79 Å². The second-order valence-electron chi connectivity index (χ2n) is 5.14. The summed E-state index contributed by atoms with van der Waals surface area (Å²) in [6, 6.07) is 13.4. The fourth-order valence-electron chi connectivity index (χ4n) is 2.22. The Bertz CT molecular complexity index is 871. The van der Waals surface area contributed by atoms with Crippen molar-refractivity contribution in [2.24, 2.45) is 0 Å². The molecule has 1 amide bonds. The van der Waals surface area contributed by atoms with Crippen LogP contribution in [0.2, 0.25) is 0 Å². The Balaban J connectivity index is 1.98. The molecule has 116 valence electrons. The zero-order valence-electron chi connectivity index (χ0n) is 12.3. The molecule has 3 rings (SSSR count). The minimum absolute atomic E-state index is 0.353. The number of aromatic nitrogens is 1. The lowest BCUT2D eigenvalue weighted by Gasteiger charge is -2.09. The van der Waals surface area contributed by atoms with Crippen molar-refractivity contribution >= 4 is 22.8 Å². The van der Waals surface area contributed by atoms with Crippen LogP contribution in [0.5, 0.6) is 0 Å². The van der Waals surface area contributed by atoms with E-state index in [0.717, 1.165) is 5.56 Å². The normalized spacial score (nSPS) is 12.0. The van der Waals surface area contributed by atoms with Gasteiger partial charge < -0.3 is 14.9 Å². The molecule has 1 heterocycles. The summed E-state index contributed by atoms with van der Waals surface area (Å²) in [5.74, 6) is -0.974. The lowest BCUT2D eigenvalue weighted by Crippen LogP contribution is -2.38. The molecule has 0 saturated carbocycles. The molecule has 0 unspecified atom stereocenters. The highest BCUT2D eigenvalue weighted by molar-refractivity contribution is 6.02. The molecule has 0 saturated heterocycles. The van der Waals surface area contributed by atoms with Gasteiger partial charge in [-0.05, 0) is 25.1 Å². The Hall–Kier alpha value is -3.15. The Morgan fingerprint density at radius 3 is 2.61 bits per heavy atom. The molecule has 3 aromatic rings. The number of nitrogens with one attached hydrogen (secondary N) is 1. The van der Waals surface area contributed by atoms with Crippen LogP contribution in [0.4, 0.5) is 0 Å². The van der Waals surface area contributed by atoms with Gasteiger partial charge >= 0.3 is 5.97 Å². The number of hydrogen-bond acceptors (Lipinski definition) is 4. The maximum absolute atomic E-state index is 12.1. The maximum atomic E-state index is 12.1. The van der Waals surface area contributed by atoms with Crippen molar-refractivity contribution in [3.8, 4) is 11.3 Å². The highest BCUT2D eigenvalue weighted by atomic mass is 16.5. The minimum Gasteiger partial charge on any atom is -0.480 e. The number of carbonyl (C=O) groups is 2. The molecular formula is C17H14N2O4. The van der Waals surface area contributed by atoms with Crippen molar-refractivity contribution in [2.75, 3.05) is 0 Å². The first kappa shape index (κ1) is 14.8. The molecule has 1 aromatic heterocycles. The van der Waals surface area contributed by atoms with Crippen molar-refractivity contribution in [1.82, 2.24) is 10.5 Å². The van der Waals surface area contributed by atoms with Crippen molar-refractivity contribution in [3.05, 3.63) is 54.1 Å². The molecule has 0 aliphatic carbocycles. The zero-order chi connectivity index (χ0) is 16.4. The fraction of sp³-hybridized carbons (Fsp3) is 0.118. The van der Waals surface area contributed by atoms with Gasteiger partial charge in [0.05, 0.1) is 5.39 Å². The fourth-order valence-corrected chi connectivity index (χ4v) is 2.22. The number of amides is 1. The lowest BCUT2D eigenvalue weighted by atomic mass is 10.1. The van der Waals surface area contributed by atoms with Crippen molar-refractivity contribution < 1.29 is 19.2 Å². The van der Waals surface area contributed by atoms with E-state index in [4.69, 9.17) is 9.63 Å². The van der Waals surface area contributed by atoms with Crippen molar-refractivity contribution in [1.29, 1.82) is 0 Å². The smallest absolute Gasteiger partial charge is 0.325 e. The second kappa shape index (κ2) is 5.92. The molecule has 0 bridgehead atoms. The molecule has 0 aliphatic rings. The van der Waals surface area contributed by atoms with Crippen molar-refractivity contribution in [3.63, 3.8) is 0 Å². The summed E-state index contributed by atoms with van der Waals surface area (Å²) in [6.07, 6.45) is 0. The predicted molar refractivity (Wildman–Crippen MR) is 84.0 cm³/mol. The van der Waals surface area contributed by atoms with Gasteiger partial charge in [-0.2, -0.15) is 0 Å². The largest absolute Gasteiger partial charge is 0.480 e. The first-order valence-electron chi connectivity index (χ1n) is 7.05.